The van der Waals surface area contributed by atoms with Gasteiger partial charge in [-0.1, -0.05) is 25.4 Å². The number of hydrogen-bond donors (Lipinski definition) is 1. The van der Waals surface area contributed by atoms with Crippen LogP contribution in [0.15, 0.2) is 30.6 Å². The third-order valence-corrected chi connectivity index (χ3v) is 5.13. The Labute approximate surface area is 159 Å². The number of likely N-dealkylation sites (tertiary alicyclic amines) is 1. The molecular formula is C20H25ClN4O. The maximum atomic E-state index is 13.0. The second-order valence-corrected chi connectivity index (χ2v) is 7.58. The Balaban J connectivity index is 1.77. The first-order valence-electron chi connectivity index (χ1n) is 9.12. The standard InChI is InChI=1S/C20H25ClN4O/c1-13(2)18-6-4-5-9-25(18)20(26)15-10-17(21)19(23-11-15)24-16-8-7-14(3)22-12-16/h7-8,10-13,18H,4-6,9H2,1-3H3,(H,23,24)/t18-/m1/s1. The normalized spacial score (nSPS) is 17.4. The minimum absolute atomic E-state index is 0.0151. The van der Waals surface area contributed by atoms with Crippen molar-refractivity contribution in [1.82, 2.24) is 14.9 Å². The van der Waals surface area contributed by atoms with Crippen LogP contribution in [0.2, 0.25) is 5.02 Å². The number of halogens is 1. The van der Waals surface area contributed by atoms with Gasteiger partial charge >= 0.3 is 0 Å². The van der Waals surface area contributed by atoms with Crippen molar-refractivity contribution >= 4 is 29.0 Å². The first kappa shape index (κ1) is 18.6. The van der Waals surface area contributed by atoms with Gasteiger partial charge in [-0.25, -0.2) is 4.98 Å². The van der Waals surface area contributed by atoms with Crippen LogP contribution in [0.4, 0.5) is 11.5 Å². The molecule has 3 heterocycles. The highest BCUT2D eigenvalue weighted by Crippen LogP contribution is 2.28. The van der Waals surface area contributed by atoms with Gasteiger partial charge in [0.2, 0.25) is 0 Å². The molecule has 0 aromatic carbocycles. The van der Waals surface area contributed by atoms with Crippen LogP contribution in [-0.4, -0.2) is 33.4 Å². The highest BCUT2D eigenvalue weighted by Gasteiger charge is 2.29. The molecule has 0 bridgehead atoms. The average Bonchev–Trinajstić information content (AvgIpc) is 2.64. The minimum Gasteiger partial charge on any atom is -0.338 e. The molecule has 6 heteroatoms. The van der Waals surface area contributed by atoms with Gasteiger partial charge in [-0.05, 0) is 50.3 Å². The second kappa shape index (κ2) is 8.04. The molecule has 0 radical (unpaired) electrons. The summed E-state index contributed by atoms with van der Waals surface area (Å²) in [5.41, 5.74) is 2.28. The molecule has 2 aromatic rings. The van der Waals surface area contributed by atoms with Crippen LogP contribution >= 0.6 is 11.6 Å². The number of pyridine rings is 2. The van der Waals surface area contributed by atoms with E-state index in [0.29, 0.717) is 22.3 Å². The minimum atomic E-state index is 0.0151. The summed E-state index contributed by atoms with van der Waals surface area (Å²) < 4.78 is 0. The van der Waals surface area contributed by atoms with Crippen LogP contribution in [0.3, 0.4) is 0 Å². The Bertz CT molecular complexity index is 776. The third-order valence-electron chi connectivity index (χ3n) is 4.84. The SMILES string of the molecule is Cc1ccc(Nc2ncc(C(=O)N3CCCC[C@@H]3C(C)C)cc2Cl)cn1. The molecule has 1 N–H and O–H groups in total. The Morgan fingerprint density at radius 3 is 2.73 bits per heavy atom. The zero-order valence-corrected chi connectivity index (χ0v) is 16.3. The fourth-order valence-corrected chi connectivity index (χ4v) is 3.61. The van der Waals surface area contributed by atoms with Gasteiger partial charge in [0.15, 0.2) is 0 Å². The highest BCUT2D eigenvalue weighted by molar-refractivity contribution is 6.33. The summed E-state index contributed by atoms with van der Waals surface area (Å²) in [6.45, 7) is 7.07. The van der Waals surface area contributed by atoms with E-state index in [1.54, 1.807) is 18.5 Å². The number of piperidine rings is 1. The van der Waals surface area contributed by atoms with E-state index < -0.39 is 0 Å². The third kappa shape index (κ3) is 4.15. The van der Waals surface area contributed by atoms with E-state index in [1.807, 2.05) is 24.0 Å². The number of carbonyl (C=O) groups excluding carboxylic acids is 1. The van der Waals surface area contributed by atoms with Crippen LogP contribution in [-0.2, 0) is 0 Å². The predicted molar refractivity (Wildman–Crippen MR) is 105 cm³/mol. The van der Waals surface area contributed by atoms with Gasteiger partial charge in [0.1, 0.15) is 5.82 Å². The first-order chi connectivity index (χ1) is 12.5. The summed E-state index contributed by atoms with van der Waals surface area (Å²) in [6, 6.07) is 5.82. The molecule has 138 valence electrons. The van der Waals surface area contributed by atoms with Crippen molar-refractivity contribution in [3.05, 3.63) is 46.9 Å². The fraction of sp³-hybridized carbons (Fsp3) is 0.450. The maximum Gasteiger partial charge on any atom is 0.255 e. The van der Waals surface area contributed by atoms with Crippen molar-refractivity contribution < 1.29 is 4.79 Å². The van der Waals surface area contributed by atoms with Gasteiger partial charge in [0.05, 0.1) is 22.5 Å². The molecule has 1 saturated heterocycles. The summed E-state index contributed by atoms with van der Waals surface area (Å²) in [5.74, 6) is 0.979. The zero-order valence-electron chi connectivity index (χ0n) is 15.5. The number of aromatic nitrogens is 2. The van der Waals surface area contributed by atoms with E-state index in [0.717, 1.165) is 30.8 Å². The second-order valence-electron chi connectivity index (χ2n) is 7.17. The molecule has 1 aliphatic heterocycles. The Morgan fingerprint density at radius 1 is 1.27 bits per heavy atom. The highest BCUT2D eigenvalue weighted by atomic mass is 35.5. The molecule has 26 heavy (non-hydrogen) atoms. The molecule has 0 unspecified atom stereocenters. The quantitative estimate of drug-likeness (QED) is 0.834. The lowest BCUT2D eigenvalue weighted by Gasteiger charge is -2.38. The van der Waals surface area contributed by atoms with E-state index in [9.17, 15) is 4.79 Å². The Kier molecular flexibility index (Phi) is 5.77. The van der Waals surface area contributed by atoms with E-state index in [4.69, 9.17) is 11.6 Å². The van der Waals surface area contributed by atoms with Crippen molar-refractivity contribution in [1.29, 1.82) is 0 Å². The van der Waals surface area contributed by atoms with Crippen LogP contribution in [0, 0.1) is 12.8 Å². The molecular weight excluding hydrogens is 348 g/mol. The summed E-state index contributed by atoms with van der Waals surface area (Å²) in [5, 5.41) is 3.57. The number of amides is 1. The molecule has 5 nitrogen and oxygen atoms in total. The lowest BCUT2D eigenvalue weighted by molar-refractivity contribution is 0.0543. The summed E-state index contributed by atoms with van der Waals surface area (Å²) in [6.07, 6.45) is 6.62. The molecule has 3 rings (SSSR count). The molecule has 1 fully saturated rings. The van der Waals surface area contributed by atoms with Gasteiger partial charge in [-0.2, -0.15) is 0 Å². The van der Waals surface area contributed by atoms with Crippen LogP contribution in [0.5, 0.6) is 0 Å². The van der Waals surface area contributed by atoms with Crippen LogP contribution in [0.1, 0.15) is 49.2 Å². The van der Waals surface area contributed by atoms with Crippen molar-refractivity contribution in [2.24, 2.45) is 5.92 Å². The van der Waals surface area contributed by atoms with Crippen molar-refractivity contribution in [3.63, 3.8) is 0 Å². The molecule has 0 aliphatic carbocycles. The van der Waals surface area contributed by atoms with Gasteiger partial charge < -0.3 is 10.2 Å². The molecule has 0 spiro atoms. The number of hydrogen-bond acceptors (Lipinski definition) is 4. The Hall–Kier alpha value is -2.14. The van der Waals surface area contributed by atoms with Gasteiger partial charge in [-0.15, -0.1) is 0 Å². The number of carbonyl (C=O) groups is 1. The van der Waals surface area contributed by atoms with E-state index in [1.165, 1.54) is 6.42 Å². The van der Waals surface area contributed by atoms with Crippen LogP contribution in [0.25, 0.3) is 0 Å². The number of nitrogens with one attached hydrogen (secondary N) is 1. The largest absolute Gasteiger partial charge is 0.338 e. The van der Waals surface area contributed by atoms with Crippen molar-refractivity contribution in [2.75, 3.05) is 11.9 Å². The topological polar surface area (TPSA) is 58.1 Å². The zero-order chi connectivity index (χ0) is 18.7. The molecule has 0 saturated carbocycles. The van der Waals surface area contributed by atoms with Crippen LogP contribution < -0.4 is 5.32 Å². The summed E-state index contributed by atoms with van der Waals surface area (Å²) in [7, 11) is 0. The van der Waals surface area contributed by atoms with E-state index in [2.05, 4.69) is 29.1 Å². The van der Waals surface area contributed by atoms with Crippen molar-refractivity contribution in [3.8, 4) is 0 Å². The molecule has 2 aromatic heterocycles. The number of aryl methyl sites for hydroxylation is 1. The predicted octanol–water partition coefficient (Wildman–Crippen LogP) is 4.83. The maximum absolute atomic E-state index is 13.0. The van der Waals surface area contributed by atoms with E-state index >= 15 is 0 Å². The molecule has 1 atom stereocenters. The van der Waals surface area contributed by atoms with Crippen molar-refractivity contribution in [2.45, 2.75) is 46.1 Å². The lowest BCUT2D eigenvalue weighted by atomic mass is 9.92. The van der Waals surface area contributed by atoms with Gasteiger partial charge in [-0.3, -0.25) is 9.78 Å². The monoisotopic (exact) mass is 372 g/mol. The number of rotatable bonds is 4. The smallest absolute Gasteiger partial charge is 0.255 e. The molecule has 1 amide bonds. The lowest BCUT2D eigenvalue weighted by Crippen LogP contribution is -2.46. The average molecular weight is 373 g/mol. The van der Waals surface area contributed by atoms with E-state index in [-0.39, 0.29) is 11.9 Å². The summed E-state index contributed by atoms with van der Waals surface area (Å²) >= 11 is 6.38. The van der Waals surface area contributed by atoms with Gasteiger partial charge in [0, 0.05) is 24.5 Å². The number of anilines is 2. The fourth-order valence-electron chi connectivity index (χ4n) is 3.39. The molecule has 1 aliphatic rings. The Morgan fingerprint density at radius 2 is 2.08 bits per heavy atom. The van der Waals surface area contributed by atoms with Gasteiger partial charge in [0.25, 0.3) is 5.91 Å². The first-order valence-corrected chi connectivity index (χ1v) is 9.49. The number of nitrogens with zero attached hydrogens (tertiary/aromatic N) is 3. The summed E-state index contributed by atoms with van der Waals surface area (Å²) in [4.78, 5) is 23.6.